The van der Waals surface area contributed by atoms with Crippen molar-refractivity contribution < 1.29 is 4.42 Å². The van der Waals surface area contributed by atoms with Gasteiger partial charge in [-0.05, 0) is 31.2 Å². The molecule has 0 aliphatic rings. The van der Waals surface area contributed by atoms with E-state index in [9.17, 15) is 0 Å². The second kappa shape index (κ2) is 3.73. The van der Waals surface area contributed by atoms with Gasteiger partial charge in [0.05, 0.1) is 5.52 Å². The molecule has 0 aliphatic heterocycles. The average molecular weight is 227 g/mol. The lowest BCUT2D eigenvalue weighted by molar-refractivity contribution is 0.526. The fourth-order valence-electron chi connectivity index (χ4n) is 1.80. The monoisotopic (exact) mass is 227 g/mol. The van der Waals surface area contributed by atoms with Crippen molar-refractivity contribution in [1.29, 1.82) is 0 Å². The summed E-state index contributed by atoms with van der Waals surface area (Å²) in [4.78, 5) is 12.0. The number of H-pyrrole nitrogens is 1. The predicted molar refractivity (Wildman–Crippen MR) is 65.7 cm³/mol. The Kier molecular flexibility index (Phi) is 2.21. The topological polar surface area (TPSA) is 54.7 Å². The van der Waals surface area contributed by atoms with Gasteiger partial charge in [0.15, 0.2) is 17.2 Å². The standard InChI is InChI=1S/C13H13N3O/c1-3-9-5-7-11(17-9)13-15-10-6-4-8(2)14-12(10)16-13/h4-7H,3H2,1-2H3,(H,14,15,16). The Morgan fingerprint density at radius 2 is 2.06 bits per heavy atom. The molecule has 0 bridgehead atoms. The summed E-state index contributed by atoms with van der Waals surface area (Å²) in [7, 11) is 0. The highest BCUT2D eigenvalue weighted by atomic mass is 16.3. The van der Waals surface area contributed by atoms with E-state index >= 15 is 0 Å². The molecule has 0 amide bonds. The van der Waals surface area contributed by atoms with Crippen LogP contribution in [0.5, 0.6) is 0 Å². The number of furan rings is 1. The first-order chi connectivity index (χ1) is 8.26. The summed E-state index contributed by atoms with van der Waals surface area (Å²) < 4.78 is 5.66. The van der Waals surface area contributed by atoms with Gasteiger partial charge in [-0.2, -0.15) is 0 Å². The number of aryl methyl sites for hydroxylation is 2. The van der Waals surface area contributed by atoms with Gasteiger partial charge in [-0.3, -0.25) is 0 Å². The first kappa shape index (κ1) is 10.1. The number of imidazole rings is 1. The summed E-state index contributed by atoms with van der Waals surface area (Å²) >= 11 is 0. The van der Waals surface area contributed by atoms with Gasteiger partial charge in [0.25, 0.3) is 0 Å². The van der Waals surface area contributed by atoms with Crippen LogP contribution < -0.4 is 0 Å². The molecule has 86 valence electrons. The molecular weight excluding hydrogens is 214 g/mol. The maximum absolute atomic E-state index is 5.66. The molecule has 0 aromatic carbocycles. The van der Waals surface area contributed by atoms with E-state index in [1.165, 1.54) is 0 Å². The third kappa shape index (κ3) is 1.71. The number of fused-ring (bicyclic) bond motifs is 1. The first-order valence-corrected chi connectivity index (χ1v) is 5.68. The summed E-state index contributed by atoms with van der Waals surface area (Å²) in [6.07, 6.45) is 0.886. The molecule has 4 heteroatoms. The van der Waals surface area contributed by atoms with Crippen molar-refractivity contribution in [3.8, 4) is 11.6 Å². The van der Waals surface area contributed by atoms with E-state index in [2.05, 4.69) is 21.9 Å². The Bertz CT molecular complexity index is 666. The zero-order valence-corrected chi connectivity index (χ0v) is 9.82. The van der Waals surface area contributed by atoms with Gasteiger partial charge < -0.3 is 9.40 Å². The van der Waals surface area contributed by atoms with Crippen LogP contribution in [0, 0.1) is 6.92 Å². The first-order valence-electron chi connectivity index (χ1n) is 5.68. The SMILES string of the molecule is CCc1ccc(-c2nc3nc(C)ccc3[nH]2)o1. The minimum absolute atomic E-state index is 0.731. The van der Waals surface area contributed by atoms with E-state index in [1.54, 1.807) is 0 Å². The molecule has 0 unspecified atom stereocenters. The lowest BCUT2D eigenvalue weighted by Crippen LogP contribution is -1.80. The van der Waals surface area contributed by atoms with Crippen LogP contribution in [0.4, 0.5) is 0 Å². The molecule has 0 saturated carbocycles. The third-order valence-corrected chi connectivity index (χ3v) is 2.73. The second-order valence-electron chi connectivity index (χ2n) is 4.03. The average Bonchev–Trinajstić information content (AvgIpc) is 2.93. The summed E-state index contributed by atoms with van der Waals surface area (Å²) in [5.41, 5.74) is 2.62. The van der Waals surface area contributed by atoms with E-state index in [1.807, 2.05) is 31.2 Å². The minimum Gasteiger partial charge on any atom is -0.458 e. The lowest BCUT2D eigenvalue weighted by atomic mass is 10.3. The molecule has 3 aromatic heterocycles. The van der Waals surface area contributed by atoms with Crippen molar-refractivity contribution in [3.05, 3.63) is 35.7 Å². The van der Waals surface area contributed by atoms with Crippen LogP contribution >= 0.6 is 0 Å². The summed E-state index contributed by atoms with van der Waals surface area (Å²) in [6.45, 7) is 4.02. The van der Waals surface area contributed by atoms with E-state index in [4.69, 9.17) is 4.42 Å². The molecule has 0 aliphatic carbocycles. The van der Waals surface area contributed by atoms with Gasteiger partial charge in [-0.15, -0.1) is 0 Å². The Balaban J connectivity index is 2.11. The Morgan fingerprint density at radius 1 is 1.18 bits per heavy atom. The highest BCUT2D eigenvalue weighted by molar-refractivity contribution is 5.74. The molecule has 1 N–H and O–H groups in total. The number of aromatic amines is 1. The van der Waals surface area contributed by atoms with Crippen molar-refractivity contribution in [3.63, 3.8) is 0 Å². The fraction of sp³-hybridized carbons (Fsp3) is 0.231. The lowest BCUT2D eigenvalue weighted by Gasteiger charge is -1.89. The highest BCUT2D eigenvalue weighted by Gasteiger charge is 2.09. The van der Waals surface area contributed by atoms with Crippen LogP contribution in [-0.4, -0.2) is 15.0 Å². The largest absolute Gasteiger partial charge is 0.458 e. The Labute approximate surface area is 98.7 Å². The van der Waals surface area contributed by atoms with E-state index in [0.717, 1.165) is 40.6 Å². The number of pyridine rings is 1. The van der Waals surface area contributed by atoms with Crippen molar-refractivity contribution >= 4 is 11.2 Å². The third-order valence-electron chi connectivity index (χ3n) is 2.73. The summed E-state index contributed by atoms with van der Waals surface area (Å²) in [5.74, 6) is 2.46. The highest BCUT2D eigenvalue weighted by Crippen LogP contribution is 2.22. The fourth-order valence-corrected chi connectivity index (χ4v) is 1.80. The number of nitrogens with one attached hydrogen (secondary N) is 1. The van der Waals surface area contributed by atoms with Crippen molar-refractivity contribution in [1.82, 2.24) is 15.0 Å². The maximum Gasteiger partial charge on any atom is 0.178 e. The molecule has 4 nitrogen and oxygen atoms in total. The van der Waals surface area contributed by atoms with Crippen LogP contribution in [0.1, 0.15) is 18.4 Å². The van der Waals surface area contributed by atoms with Gasteiger partial charge in [0, 0.05) is 12.1 Å². The zero-order valence-electron chi connectivity index (χ0n) is 9.82. The smallest absolute Gasteiger partial charge is 0.178 e. The molecule has 3 rings (SSSR count). The number of hydrogen-bond acceptors (Lipinski definition) is 3. The Morgan fingerprint density at radius 3 is 2.82 bits per heavy atom. The minimum atomic E-state index is 0.731. The quantitative estimate of drug-likeness (QED) is 0.731. The molecule has 3 heterocycles. The second-order valence-corrected chi connectivity index (χ2v) is 4.03. The number of rotatable bonds is 2. The van der Waals surface area contributed by atoms with Crippen molar-refractivity contribution in [2.24, 2.45) is 0 Å². The number of hydrogen-bond donors (Lipinski definition) is 1. The van der Waals surface area contributed by atoms with Crippen molar-refractivity contribution in [2.45, 2.75) is 20.3 Å². The van der Waals surface area contributed by atoms with Crippen LogP contribution in [0.3, 0.4) is 0 Å². The van der Waals surface area contributed by atoms with Gasteiger partial charge in [0.2, 0.25) is 0 Å². The normalized spacial score (nSPS) is 11.2. The molecule has 0 saturated heterocycles. The van der Waals surface area contributed by atoms with Gasteiger partial charge in [0.1, 0.15) is 5.76 Å². The molecular formula is C13H13N3O. The summed E-state index contributed by atoms with van der Waals surface area (Å²) in [6, 6.07) is 7.85. The van der Waals surface area contributed by atoms with Gasteiger partial charge in [-0.1, -0.05) is 6.92 Å². The summed E-state index contributed by atoms with van der Waals surface area (Å²) in [5, 5.41) is 0. The molecule has 0 radical (unpaired) electrons. The molecule has 3 aromatic rings. The van der Waals surface area contributed by atoms with Gasteiger partial charge >= 0.3 is 0 Å². The van der Waals surface area contributed by atoms with Crippen LogP contribution in [0.25, 0.3) is 22.7 Å². The van der Waals surface area contributed by atoms with E-state index in [-0.39, 0.29) is 0 Å². The molecule has 17 heavy (non-hydrogen) atoms. The molecule has 0 fully saturated rings. The molecule has 0 spiro atoms. The van der Waals surface area contributed by atoms with E-state index < -0.39 is 0 Å². The Hall–Kier alpha value is -2.10. The molecule has 0 atom stereocenters. The van der Waals surface area contributed by atoms with Crippen LogP contribution in [-0.2, 0) is 6.42 Å². The van der Waals surface area contributed by atoms with E-state index in [0.29, 0.717) is 0 Å². The number of nitrogens with zero attached hydrogens (tertiary/aromatic N) is 2. The predicted octanol–water partition coefficient (Wildman–Crippen LogP) is 3.09. The number of aromatic nitrogens is 3. The van der Waals surface area contributed by atoms with Crippen molar-refractivity contribution in [2.75, 3.05) is 0 Å². The maximum atomic E-state index is 5.66. The van der Waals surface area contributed by atoms with Crippen LogP contribution in [0.15, 0.2) is 28.7 Å². The van der Waals surface area contributed by atoms with Gasteiger partial charge in [-0.25, -0.2) is 9.97 Å². The van der Waals surface area contributed by atoms with Crippen LogP contribution in [0.2, 0.25) is 0 Å². The zero-order chi connectivity index (χ0) is 11.8.